The van der Waals surface area contributed by atoms with Crippen LogP contribution in [0.5, 0.6) is 5.75 Å². The van der Waals surface area contributed by atoms with Crippen molar-refractivity contribution >= 4 is 34.8 Å². The highest BCUT2D eigenvalue weighted by molar-refractivity contribution is 6.35. The molecule has 0 aliphatic carbocycles. The van der Waals surface area contributed by atoms with Gasteiger partial charge in [0.2, 0.25) is 5.91 Å². The summed E-state index contributed by atoms with van der Waals surface area (Å²) in [5.41, 5.74) is 1.81. The van der Waals surface area contributed by atoms with Crippen LogP contribution in [0.15, 0.2) is 42.5 Å². The Hall–Kier alpha value is -1.75. The Bertz CT molecular complexity index is 822. The molecule has 1 saturated heterocycles. The van der Waals surface area contributed by atoms with E-state index in [2.05, 4.69) is 4.90 Å². The third-order valence-electron chi connectivity index (χ3n) is 5.29. The molecule has 142 valence electrons. The molecule has 6 heteroatoms. The van der Waals surface area contributed by atoms with Gasteiger partial charge in [0.05, 0.1) is 18.2 Å². The molecule has 0 bridgehead atoms. The van der Waals surface area contributed by atoms with E-state index in [0.29, 0.717) is 29.7 Å². The predicted octanol–water partition coefficient (Wildman–Crippen LogP) is 4.63. The van der Waals surface area contributed by atoms with E-state index in [1.807, 2.05) is 47.4 Å². The summed E-state index contributed by atoms with van der Waals surface area (Å²) in [5.74, 6) is 0.944. The van der Waals surface area contributed by atoms with Crippen molar-refractivity contribution in [3.05, 3.63) is 58.1 Å². The number of likely N-dealkylation sites (tertiary alicyclic amines) is 1. The number of piperidine rings is 1. The SMILES string of the molecule is O=C(C1CCCN(Cc2c(Cl)cccc2Cl)C1)N1CCOc2ccccc21. The van der Waals surface area contributed by atoms with Gasteiger partial charge < -0.3 is 9.64 Å². The average Bonchev–Trinajstić information content (AvgIpc) is 2.70. The highest BCUT2D eigenvalue weighted by Crippen LogP contribution is 2.34. The number of nitrogens with zero attached hydrogens (tertiary/aromatic N) is 2. The molecule has 0 saturated carbocycles. The summed E-state index contributed by atoms with van der Waals surface area (Å²) >= 11 is 12.7. The molecular weight excluding hydrogens is 383 g/mol. The maximum Gasteiger partial charge on any atom is 0.231 e. The van der Waals surface area contributed by atoms with Gasteiger partial charge in [-0.3, -0.25) is 9.69 Å². The summed E-state index contributed by atoms with van der Waals surface area (Å²) in [6.07, 6.45) is 1.90. The van der Waals surface area contributed by atoms with E-state index in [1.165, 1.54) is 0 Å². The monoisotopic (exact) mass is 404 g/mol. The largest absolute Gasteiger partial charge is 0.490 e. The first kappa shape index (κ1) is 18.6. The van der Waals surface area contributed by atoms with Gasteiger partial charge in [-0.15, -0.1) is 0 Å². The molecule has 2 aromatic rings. The first-order valence-corrected chi connectivity index (χ1v) is 10.1. The zero-order chi connectivity index (χ0) is 18.8. The second kappa shape index (κ2) is 8.09. The molecule has 27 heavy (non-hydrogen) atoms. The molecule has 4 nitrogen and oxygen atoms in total. The number of fused-ring (bicyclic) bond motifs is 1. The lowest BCUT2D eigenvalue weighted by molar-refractivity contribution is -0.124. The van der Waals surface area contributed by atoms with E-state index < -0.39 is 0 Å². The van der Waals surface area contributed by atoms with Gasteiger partial charge in [-0.1, -0.05) is 41.4 Å². The number of carbonyl (C=O) groups excluding carboxylic acids is 1. The Morgan fingerprint density at radius 3 is 2.67 bits per heavy atom. The number of hydrogen-bond donors (Lipinski definition) is 0. The Labute approximate surface area is 169 Å². The summed E-state index contributed by atoms with van der Waals surface area (Å²) < 4.78 is 5.68. The summed E-state index contributed by atoms with van der Waals surface area (Å²) in [7, 11) is 0. The molecule has 2 aliphatic rings. The molecular formula is C21H22Cl2N2O2. The Morgan fingerprint density at radius 2 is 1.85 bits per heavy atom. The van der Waals surface area contributed by atoms with Gasteiger partial charge in [0.15, 0.2) is 0 Å². The Kier molecular flexibility index (Phi) is 5.58. The van der Waals surface area contributed by atoms with E-state index >= 15 is 0 Å². The number of anilines is 1. The first-order valence-electron chi connectivity index (χ1n) is 9.32. The van der Waals surface area contributed by atoms with Gasteiger partial charge >= 0.3 is 0 Å². The van der Waals surface area contributed by atoms with Gasteiger partial charge in [-0.2, -0.15) is 0 Å². The number of benzene rings is 2. The van der Waals surface area contributed by atoms with E-state index in [9.17, 15) is 4.79 Å². The molecule has 0 spiro atoms. The van der Waals surface area contributed by atoms with Crippen LogP contribution in [0, 0.1) is 5.92 Å². The predicted molar refractivity (Wildman–Crippen MR) is 109 cm³/mol. The zero-order valence-corrected chi connectivity index (χ0v) is 16.5. The van der Waals surface area contributed by atoms with Crippen LogP contribution in [0.3, 0.4) is 0 Å². The molecule has 4 rings (SSSR count). The van der Waals surface area contributed by atoms with Gasteiger partial charge in [0.25, 0.3) is 0 Å². The van der Waals surface area contributed by atoms with Crippen LogP contribution in [-0.2, 0) is 11.3 Å². The fraction of sp³-hybridized carbons (Fsp3) is 0.381. The smallest absolute Gasteiger partial charge is 0.231 e. The van der Waals surface area contributed by atoms with Crippen LogP contribution in [-0.4, -0.2) is 37.0 Å². The lowest BCUT2D eigenvalue weighted by atomic mass is 9.95. The Morgan fingerprint density at radius 1 is 1.07 bits per heavy atom. The van der Waals surface area contributed by atoms with Crippen LogP contribution in [0.25, 0.3) is 0 Å². The minimum absolute atomic E-state index is 0.0221. The molecule has 2 aromatic carbocycles. The minimum Gasteiger partial charge on any atom is -0.490 e. The van der Waals surface area contributed by atoms with Crippen molar-refractivity contribution in [1.29, 1.82) is 0 Å². The van der Waals surface area contributed by atoms with E-state index in [0.717, 1.165) is 42.9 Å². The van der Waals surface area contributed by atoms with Crippen molar-refractivity contribution in [2.24, 2.45) is 5.92 Å². The number of rotatable bonds is 3. The molecule has 0 N–H and O–H groups in total. The van der Waals surface area contributed by atoms with Crippen molar-refractivity contribution in [3.63, 3.8) is 0 Å². The Balaban J connectivity index is 1.48. The lowest BCUT2D eigenvalue weighted by Gasteiger charge is -2.37. The van der Waals surface area contributed by atoms with E-state index in [4.69, 9.17) is 27.9 Å². The number of para-hydroxylation sites is 2. The number of carbonyl (C=O) groups is 1. The van der Waals surface area contributed by atoms with Crippen molar-refractivity contribution in [1.82, 2.24) is 4.90 Å². The highest BCUT2D eigenvalue weighted by Gasteiger charge is 2.32. The van der Waals surface area contributed by atoms with Crippen molar-refractivity contribution in [2.75, 3.05) is 31.1 Å². The second-order valence-corrected chi connectivity index (χ2v) is 7.89. The summed E-state index contributed by atoms with van der Waals surface area (Å²) in [4.78, 5) is 17.4. The van der Waals surface area contributed by atoms with Gasteiger partial charge in [-0.25, -0.2) is 0 Å². The molecule has 1 atom stereocenters. The summed E-state index contributed by atoms with van der Waals surface area (Å²) in [6.45, 7) is 3.48. The number of halogens is 2. The van der Waals surface area contributed by atoms with E-state index in [1.54, 1.807) is 0 Å². The van der Waals surface area contributed by atoms with Crippen LogP contribution < -0.4 is 9.64 Å². The lowest BCUT2D eigenvalue weighted by Crippen LogP contribution is -2.47. The average molecular weight is 405 g/mol. The molecule has 1 unspecified atom stereocenters. The first-order chi connectivity index (χ1) is 13.1. The van der Waals surface area contributed by atoms with Crippen LogP contribution >= 0.6 is 23.2 Å². The van der Waals surface area contributed by atoms with Gasteiger partial charge in [0.1, 0.15) is 12.4 Å². The van der Waals surface area contributed by atoms with Gasteiger partial charge in [-0.05, 0) is 43.7 Å². The fourth-order valence-electron chi connectivity index (χ4n) is 3.93. The van der Waals surface area contributed by atoms with Crippen LogP contribution in [0.4, 0.5) is 5.69 Å². The van der Waals surface area contributed by atoms with Crippen molar-refractivity contribution < 1.29 is 9.53 Å². The number of ether oxygens (including phenoxy) is 1. The minimum atomic E-state index is -0.0221. The second-order valence-electron chi connectivity index (χ2n) is 7.08. The summed E-state index contributed by atoms with van der Waals surface area (Å²) in [6, 6.07) is 13.3. The molecule has 2 aliphatic heterocycles. The summed E-state index contributed by atoms with van der Waals surface area (Å²) in [5, 5.41) is 1.36. The van der Waals surface area contributed by atoms with Gasteiger partial charge in [0, 0.05) is 28.7 Å². The zero-order valence-electron chi connectivity index (χ0n) is 15.0. The van der Waals surface area contributed by atoms with Crippen molar-refractivity contribution in [3.8, 4) is 5.75 Å². The van der Waals surface area contributed by atoms with Crippen LogP contribution in [0.2, 0.25) is 10.0 Å². The molecule has 1 amide bonds. The maximum absolute atomic E-state index is 13.2. The highest BCUT2D eigenvalue weighted by atomic mass is 35.5. The van der Waals surface area contributed by atoms with Crippen molar-refractivity contribution in [2.45, 2.75) is 19.4 Å². The van der Waals surface area contributed by atoms with Crippen LogP contribution in [0.1, 0.15) is 18.4 Å². The molecule has 2 heterocycles. The maximum atomic E-state index is 13.2. The molecule has 0 aromatic heterocycles. The topological polar surface area (TPSA) is 32.8 Å². The normalized spacial score (nSPS) is 20.1. The molecule has 0 radical (unpaired) electrons. The third kappa shape index (κ3) is 3.93. The third-order valence-corrected chi connectivity index (χ3v) is 6.00. The number of amides is 1. The quantitative estimate of drug-likeness (QED) is 0.747. The number of hydrogen-bond acceptors (Lipinski definition) is 3. The fourth-order valence-corrected chi connectivity index (χ4v) is 4.44. The standard InChI is InChI=1S/C21H22Cl2N2O2/c22-17-6-3-7-18(23)16(17)14-24-10-4-5-15(13-24)21(26)25-11-12-27-20-9-2-1-8-19(20)25/h1-3,6-9,15H,4-5,10-14H2. The molecule has 1 fully saturated rings. The van der Waals surface area contributed by atoms with E-state index in [-0.39, 0.29) is 11.8 Å².